The summed E-state index contributed by atoms with van der Waals surface area (Å²) in [6.07, 6.45) is 1.23. The molecule has 2 aromatic rings. The summed E-state index contributed by atoms with van der Waals surface area (Å²) >= 11 is 0. The quantitative estimate of drug-likeness (QED) is 0.892. The second-order valence-corrected chi connectivity index (χ2v) is 4.04. The second-order valence-electron chi connectivity index (χ2n) is 4.04. The maximum atomic E-state index is 13.1. The Morgan fingerprint density at radius 1 is 1.45 bits per heavy atom. The van der Waals surface area contributed by atoms with Crippen LogP contribution in [0.2, 0.25) is 0 Å². The summed E-state index contributed by atoms with van der Waals surface area (Å²) in [7, 11) is 1.47. The van der Waals surface area contributed by atoms with Gasteiger partial charge in [-0.1, -0.05) is 11.3 Å². The zero-order valence-electron chi connectivity index (χ0n) is 10.5. The molecule has 0 aliphatic heterocycles. The van der Waals surface area contributed by atoms with Gasteiger partial charge in [-0.25, -0.2) is 9.07 Å². The highest BCUT2D eigenvalue weighted by atomic mass is 19.1. The Balaban J connectivity index is 2.18. The fraction of sp³-hybridized carbons (Fsp3) is 0.167. The molecule has 0 unspecified atom stereocenters. The summed E-state index contributed by atoms with van der Waals surface area (Å²) in [4.78, 5) is 23.8. The van der Waals surface area contributed by atoms with Crippen LogP contribution in [0.3, 0.4) is 0 Å². The van der Waals surface area contributed by atoms with Crippen molar-refractivity contribution < 1.29 is 19.1 Å². The van der Waals surface area contributed by atoms with Crippen molar-refractivity contribution in [3.63, 3.8) is 0 Å². The van der Waals surface area contributed by atoms with Gasteiger partial charge in [0.05, 0.1) is 6.20 Å². The normalized spacial score (nSPS) is 10.3. The van der Waals surface area contributed by atoms with Crippen molar-refractivity contribution in [3.05, 3.63) is 42.0 Å². The van der Waals surface area contributed by atoms with Gasteiger partial charge in [0.2, 0.25) is 0 Å². The molecule has 0 aliphatic carbocycles. The highest BCUT2D eigenvalue weighted by Gasteiger charge is 2.18. The number of amides is 1. The van der Waals surface area contributed by atoms with Crippen LogP contribution in [0.4, 0.5) is 10.1 Å². The van der Waals surface area contributed by atoms with Crippen molar-refractivity contribution >= 4 is 17.6 Å². The number of halogens is 1. The predicted molar refractivity (Wildman–Crippen MR) is 66.8 cm³/mol. The summed E-state index contributed by atoms with van der Waals surface area (Å²) in [6.45, 7) is -0.385. The lowest BCUT2D eigenvalue weighted by atomic mass is 10.2. The van der Waals surface area contributed by atoms with Crippen LogP contribution in [-0.4, -0.2) is 39.0 Å². The van der Waals surface area contributed by atoms with Crippen LogP contribution in [0.1, 0.15) is 10.5 Å². The molecule has 0 radical (unpaired) electrons. The molecule has 8 heteroatoms. The third kappa shape index (κ3) is 2.97. The van der Waals surface area contributed by atoms with E-state index in [0.29, 0.717) is 5.69 Å². The Kier molecular flexibility index (Phi) is 3.74. The van der Waals surface area contributed by atoms with Crippen molar-refractivity contribution in [2.75, 3.05) is 11.9 Å². The highest BCUT2D eigenvalue weighted by Crippen LogP contribution is 2.15. The standard InChI is InChI=1S/C12H11FN4O3/c1-16(9-4-2-3-8(13)5-9)12(20)10-6-17(15-14-10)7-11(18)19/h2-6H,7H2,1H3,(H,18,19). The molecule has 104 valence electrons. The molecule has 0 bridgehead atoms. The molecule has 0 atom stereocenters. The zero-order chi connectivity index (χ0) is 14.7. The average molecular weight is 278 g/mol. The van der Waals surface area contributed by atoms with Gasteiger partial charge < -0.3 is 10.0 Å². The van der Waals surface area contributed by atoms with Gasteiger partial charge in [-0.2, -0.15) is 0 Å². The minimum Gasteiger partial charge on any atom is -0.480 e. The van der Waals surface area contributed by atoms with Crippen molar-refractivity contribution in [3.8, 4) is 0 Å². The third-order valence-corrected chi connectivity index (χ3v) is 2.56. The molecular weight excluding hydrogens is 267 g/mol. The first kappa shape index (κ1) is 13.7. The van der Waals surface area contributed by atoms with E-state index in [1.807, 2.05) is 0 Å². The molecule has 1 aromatic carbocycles. The number of benzene rings is 1. The van der Waals surface area contributed by atoms with Crippen LogP contribution in [0.25, 0.3) is 0 Å². The lowest BCUT2D eigenvalue weighted by Crippen LogP contribution is -2.26. The molecule has 0 saturated heterocycles. The van der Waals surface area contributed by atoms with E-state index in [9.17, 15) is 14.0 Å². The number of hydrogen-bond acceptors (Lipinski definition) is 4. The number of carboxylic acids is 1. The van der Waals surface area contributed by atoms with Gasteiger partial charge in [0.25, 0.3) is 5.91 Å². The Morgan fingerprint density at radius 2 is 2.20 bits per heavy atom. The predicted octanol–water partition coefficient (Wildman–Crippen LogP) is 0.778. The first-order valence-corrected chi connectivity index (χ1v) is 5.63. The molecule has 0 aliphatic rings. The van der Waals surface area contributed by atoms with Crippen molar-refractivity contribution in [1.82, 2.24) is 15.0 Å². The van der Waals surface area contributed by atoms with E-state index in [1.165, 1.54) is 36.3 Å². The zero-order valence-corrected chi connectivity index (χ0v) is 10.5. The molecule has 2 rings (SSSR count). The van der Waals surface area contributed by atoms with Crippen LogP contribution in [-0.2, 0) is 11.3 Å². The van der Waals surface area contributed by atoms with E-state index in [2.05, 4.69) is 10.3 Å². The molecule has 1 aromatic heterocycles. The number of aliphatic carboxylic acids is 1. The van der Waals surface area contributed by atoms with Crippen LogP contribution in [0.15, 0.2) is 30.5 Å². The summed E-state index contributed by atoms with van der Waals surface area (Å²) < 4.78 is 14.1. The average Bonchev–Trinajstić information content (AvgIpc) is 2.84. The summed E-state index contributed by atoms with van der Waals surface area (Å²) in [5.74, 6) is -2.06. The summed E-state index contributed by atoms with van der Waals surface area (Å²) in [6, 6.07) is 5.53. The number of carboxylic acid groups (broad SMARTS) is 1. The van der Waals surface area contributed by atoms with Crippen molar-refractivity contribution in [2.24, 2.45) is 0 Å². The molecule has 1 N–H and O–H groups in total. The van der Waals surface area contributed by atoms with Gasteiger partial charge in [0, 0.05) is 12.7 Å². The van der Waals surface area contributed by atoms with Gasteiger partial charge in [0.15, 0.2) is 5.69 Å². The minimum atomic E-state index is -1.09. The first-order valence-electron chi connectivity index (χ1n) is 5.63. The van der Waals surface area contributed by atoms with E-state index < -0.39 is 17.7 Å². The van der Waals surface area contributed by atoms with E-state index in [1.54, 1.807) is 6.07 Å². The summed E-state index contributed by atoms with van der Waals surface area (Å²) in [5.41, 5.74) is 0.348. The van der Waals surface area contributed by atoms with E-state index in [0.717, 1.165) is 4.68 Å². The summed E-state index contributed by atoms with van der Waals surface area (Å²) in [5, 5.41) is 15.7. The number of anilines is 1. The van der Waals surface area contributed by atoms with E-state index >= 15 is 0 Å². The van der Waals surface area contributed by atoms with Crippen LogP contribution >= 0.6 is 0 Å². The van der Waals surface area contributed by atoms with E-state index in [-0.39, 0.29) is 12.2 Å². The molecule has 0 saturated carbocycles. The largest absolute Gasteiger partial charge is 0.480 e. The Bertz CT molecular complexity index is 656. The van der Waals surface area contributed by atoms with Gasteiger partial charge in [-0.05, 0) is 18.2 Å². The molecule has 0 fully saturated rings. The van der Waals surface area contributed by atoms with Crippen LogP contribution in [0, 0.1) is 5.82 Å². The lowest BCUT2D eigenvalue weighted by molar-refractivity contribution is -0.137. The SMILES string of the molecule is CN(C(=O)c1cn(CC(=O)O)nn1)c1cccc(F)c1. The molecular formula is C12H11FN4O3. The molecule has 0 spiro atoms. The number of hydrogen-bond donors (Lipinski definition) is 1. The Labute approximate surface area is 113 Å². The highest BCUT2D eigenvalue weighted by molar-refractivity contribution is 6.04. The topological polar surface area (TPSA) is 88.3 Å². The fourth-order valence-corrected chi connectivity index (χ4v) is 1.59. The Morgan fingerprint density at radius 3 is 2.85 bits per heavy atom. The number of carbonyl (C=O) groups excluding carboxylic acids is 1. The molecule has 1 heterocycles. The van der Waals surface area contributed by atoms with E-state index in [4.69, 9.17) is 5.11 Å². The number of aromatic nitrogens is 3. The maximum Gasteiger partial charge on any atom is 0.325 e. The fourth-order valence-electron chi connectivity index (χ4n) is 1.59. The number of rotatable bonds is 4. The van der Waals surface area contributed by atoms with Gasteiger partial charge in [-0.3, -0.25) is 9.59 Å². The second kappa shape index (κ2) is 5.47. The minimum absolute atomic E-state index is 0.0157. The number of nitrogens with zero attached hydrogens (tertiary/aromatic N) is 4. The van der Waals surface area contributed by atoms with Crippen LogP contribution < -0.4 is 4.90 Å². The van der Waals surface area contributed by atoms with Crippen molar-refractivity contribution in [1.29, 1.82) is 0 Å². The Hall–Kier alpha value is -2.77. The van der Waals surface area contributed by atoms with Gasteiger partial charge >= 0.3 is 5.97 Å². The first-order chi connectivity index (χ1) is 9.47. The van der Waals surface area contributed by atoms with Crippen LogP contribution in [0.5, 0.6) is 0 Å². The molecule has 1 amide bonds. The van der Waals surface area contributed by atoms with Gasteiger partial charge in [0.1, 0.15) is 12.4 Å². The maximum absolute atomic E-state index is 13.1. The van der Waals surface area contributed by atoms with Gasteiger partial charge in [-0.15, -0.1) is 5.10 Å². The van der Waals surface area contributed by atoms with Crippen molar-refractivity contribution in [2.45, 2.75) is 6.54 Å². The lowest BCUT2D eigenvalue weighted by Gasteiger charge is -2.15. The number of carbonyl (C=O) groups is 2. The molecule has 7 nitrogen and oxygen atoms in total. The monoisotopic (exact) mass is 278 g/mol. The third-order valence-electron chi connectivity index (χ3n) is 2.56. The smallest absolute Gasteiger partial charge is 0.325 e. The molecule has 20 heavy (non-hydrogen) atoms.